The quantitative estimate of drug-likeness (QED) is 0.156. The number of halogens is 5. The molecule has 7 heteroatoms. The van der Waals surface area contributed by atoms with Crippen molar-refractivity contribution in [3.8, 4) is 22.6 Å². The number of fused-ring (bicyclic) bond motifs is 1. The Bertz CT molecular complexity index is 1350. The van der Waals surface area contributed by atoms with Crippen LogP contribution in [0.4, 0.5) is 22.0 Å². The van der Waals surface area contributed by atoms with Crippen molar-refractivity contribution in [2.75, 3.05) is 13.2 Å². The number of benzene rings is 4. The molecule has 0 aromatic heterocycles. The summed E-state index contributed by atoms with van der Waals surface area (Å²) in [5.41, 5.74) is 2.44. The van der Waals surface area contributed by atoms with Crippen molar-refractivity contribution in [1.29, 1.82) is 0 Å². The Morgan fingerprint density at radius 3 is 2.22 bits per heavy atom. The van der Waals surface area contributed by atoms with Gasteiger partial charge < -0.3 is 9.47 Å². The van der Waals surface area contributed by atoms with Crippen LogP contribution in [0.3, 0.4) is 0 Å². The van der Waals surface area contributed by atoms with Crippen LogP contribution in [0.2, 0.25) is 0 Å². The Hall–Kier alpha value is -3.61. The Labute approximate surface area is 212 Å². The summed E-state index contributed by atoms with van der Waals surface area (Å²) in [4.78, 5) is 0. The van der Waals surface area contributed by atoms with Crippen molar-refractivity contribution >= 4 is 10.8 Å². The molecule has 0 saturated carbocycles. The smallest absolute Gasteiger partial charge is 0.422 e. The van der Waals surface area contributed by atoms with E-state index in [1.165, 1.54) is 18.2 Å². The van der Waals surface area contributed by atoms with Crippen molar-refractivity contribution in [1.82, 2.24) is 0 Å². The fraction of sp³-hybridized carbons (Fsp3) is 0.267. The van der Waals surface area contributed by atoms with Gasteiger partial charge in [0.05, 0.1) is 6.61 Å². The second-order valence-corrected chi connectivity index (χ2v) is 8.87. The zero-order valence-electron chi connectivity index (χ0n) is 20.4. The average molecular weight is 515 g/mol. The summed E-state index contributed by atoms with van der Waals surface area (Å²) in [5.74, 6) is -0.131. The second kappa shape index (κ2) is 11.6. The molecule has 4 aromatic carbocycles. The summed E-state index contributed by atoms with van der Waals surface area (Å²) in [6, 6.07) is 19.7. The lowest BCUT2D eigenvalue weighted by Gasteiger charge is -2.11. The van der Waals surface area contributed by atoms with Crippen LogP contribution in [0.5, 0.6) is 11.5 Å². The Morgan fingerprint density at radius 1 is 0.757 bits per heavy atom. The maximum Gasteiger partial charge on any atom is 0.422 e. The molecule has 0 N–H and O–H groups in total. The number of aryl methyl sites for hydroxylation is 2. The lowest BCUT2D eigenvalue weighted by Crippen LogP contribution is -2.19. The SMILES string of the molecule is CCCCOc1ccc(-c2ccc3c(F)c(CCc4ccc(OCC(F)(F)F)cc4)ccc3c2)c(F)c1. The van der Waals surface area contributed by atoms with Crippen LogP contribution in [-0.4, -0.2) is 19.4 Å². The molecule has 194 valence electrons. The zero-order chi connectivity index (χ0) is 26.4. The van der Waals surface area contributed by atoms with E-state index in [-0.39, 0.29) is 11.6 Å². The first-order valence-corrected chi connectivity index (χ1v) is 12.2. The molecule has 0 unspecified atom stereocenters. The van der Waals surface area contributed by atoms with Gasteiger partial charge in [-0.15, -0.1) is 0 Å². The summed E-state index contributed by atoms with van der Waals surface area (Å²) < 4.78 is 77.1. The molecule has 0 atom stereocenters. The molecule has 0 aliphatic heterocycles. The molecule has 0 aliphatic carbocycles. The monoisotopic (exact) mass is 514 g/mol. The summed E-state index contributed by atoms with van der Waals surface area (Å²) in [5, 5.41) is 1.10. The van der Waals surface area contributed by atoms with E-state index >= 15 is 4.39 Å². The number of hydrogen-bond acceptors (Lipinski definition) is 2. The van der Waals surface area contributed by atoms with Gasteiger partial charge in [-0.3, -0.25) is 0 Å². The first kappa shape index (κ1) is 26.5. The highest BCUT2D eigenvalue weighted by atomic mass is 19.4. The van der Waals surface area contributed by atoms with Gasteiger partial charge in [-0.2, -0.15) is 13.2 Å². The zero-order valence-corrected chi connectivity index (χ0v) is 20.4. The Kier molecular flexibility index (Phi) is 8.31. The fourth-order valence-corrected chi connectivity index (χ4v) is 4.05. The van der Waals surface area contributed by atoms with E-state index in [0.717, 1.165) is 18.4 Å². The molecule has 4 aromatic rings. The highest BCUT2D eigenvalue weighted by Crippen LogP contribution is 2.31. The molecule has 0 heterocycles. The highest BCUT2D eigenvalue weighted by Gasteiger charge is 2.28. The third-order valence-corrected chi connectivity index (χ3v) is 6.06. The minimum absolute atomic E-state index is 0.129. The van der Waals surface area contributed by atoms with Crippen molar-refractivity contribution in [3.05, 3.63) is 95.6 Å². The van der Waals surface area contributed by atoms with Crippen LogP contribution in [0, 0.1) is 11.6 Å². The van der Waals surface area contributed by atoms with Crippen molar-refractivity contribution in [2.45, 2.75) is 38.8 Å². The highest BCUT2D eigenvalue weighted by molar-refractivity contribution is 5.88. The lowest BCUT2D eigenvalue weighted by atomic mass is 9.97. The Balaban J connectivity index is 1.44. The summed E-state index contributed by atoms with van der Waals surface area (Å²) in [6.45, 7) is 1.25. The summed E-state index contributed by atoms with van der Waals surface area (Å²) >= 11 is 0. The number of rotatable bonds is 10. The predicted octanol–water partition coefficient (Wildman–Crippen LogP) is 8.69. The molecule has 2 nitrogen and oxygen atoms in total. The van der Waals surface area contributed by atoms with Gasteiger partial charge in [0, 0.05) is 17.0 Å². The molecule has 0 amide bonds. The number of alkyl halides is 3. The third-order valence-electron chi connectivity index (χ3n) is 6.06. The minimum Gasteiger partial charge on any atom is -0.493 e. The van der Waals surface area contributed by atoms with Crippen molar-refractivity contribution in [2.24, 2.45) is 0 Å². The molecular formula is C30H27F5O2. The summed E-state index contributed by atoms with van der Waals surface area (Å²) in [6.07, 6.45) is -1.58. The topological polar surface area (TPSA) is 18.5 Å². The van der Waals surface area contributed by atoms with Crippen molar-refractivity contribution < 1.29 is 31.4 Å². The van der Waals surface area contributed by atoms with Gasteiger partial charge in [0.2, 0.25) is 0 Å². The van der Waals surface area contributed by atoms with Crippen LogP contribution < -0.4 is 9.47 Å². The molecule has 0 fully saturated rings. The second-order valence-electron chi connectivity index (χ2n) is 8.87. The summed E-state index contributed by atoms with van der Waals surface area (Å²) in [7, 11) is 0. The molecule has 0 saturated heterocycles. The standard InChI is InChI=1S/C30H27F5O2/c1-2-3-16-36-25-13-15-26(28(31)18-25)22-10-14-27-23(17-22)9-8-21(29(27)32)7-4-20-5-11-24(12-6-20)37-19-30(33,34)35/h5-6,8-15,17-18H,2-4,7,16,19H2,1H3. The van der Waals surface area contributed by atoms with Gasteiger partial charge in [-0.1, -0.05) is 49.7 Å². The minimum atomic E-state index is -4.39. The molecular weight excluding hydrogens is 487 g/mol. The van der Waals surface area contributed by atoms with Gasteiger partial charge in [-0.25, -0.2) is 8.78 Å². The van der Waals surface area contributed by atoms with E-state index in [0.29, 0.717) is 52.7 Å². The van der Waals surface area contributed by atoms with Gasteiger partial charge in [0.1, 0.15) is 23.1 Å². The van der Waals surface area contributed by atoms with E-state index in [4.69, 9.17) is 9.47 Å². The maximum atomic E-state index is 15.2. The number of unbranched alkanes of at least 4 members (excludes halogenated alkanes) is 1. The first-order valence-electron chi connectivity index (χ1n) is 12.2. The van der Waals surface area contributed by atoms with Crippen LogP contribution in [-0.2, 0) is 12.8 Å². The van der Waals surface area contributed by atoms with Crippen LogP contribution in [0.25, 0.3) is 21.9 Å². The number of ether oxygens (including phenoxy) is 2. The predicted molar refractivity (Wildman–Crippen MR) is 135 cm³/mol. The van der Waals surface area contributed by atoms with Gasteiger partial charge in [0.25, 0.3) is 0 Å². The van der Waals surface area contributed by atoms with Gasteiger partial charge in [-0.05, 0) is 71.7 Å². The molecule has 4 rings (SSSR count). The van der Waals surface area contributed by atoms with Crippen LogP contribution >= 0.6 is 0 Å². The van der Waals surface area contributed by atoms with E-state index in [1.54, 1.807) is 48.5 Å². The molecule has 0 spiro atoms. The fourth-order valence-electron chi connectivity index (χ4n) is 4.05. The van der Waals surface area contributed by atoms with E-state index in [9.17, 15) is 17.6 Å². The molecule has 37 heavy (non-hydrogen) atoms. The third kappa shape index (κ3) is 7.00. The normalized spacial score (nSPS) is 11.6. The maximum absolute atomic E-state index is 15.2. The largest absolute Gasteiger partial charge is 0.493 e. The Morgan fingerprint density at radius 2 is 1.51 bits per heavy atom. The van der Waals surface area contributed by atoms with Crippen LogP contribution in [0.15, 0.2) is 72.8 Å². The molecule has 0 radical (unpaired) electrons. The van der Waals surface area contributed by atoms with E-state index in [1.807, 2.05) is 6.07 Å². The molecule has 0 aliphatic rings. The average Bonchev–Trinajstić information content (AvgIpc) is 2.87. The van der Waals surface area contributed by atoms with E-state index < -0.39 is 18.6 Å². The lowest BCUT2D eigenvalue weighted by molar-refractivity contribution is -0.153. The first-order chi connectivity index (χ1) is 17.7. The van der Waals surface area contributed by atoms with Gasteiger partial charge >= 0.3 is 6.18 Å². The van der Waals surface area contributed by atoms with Crippen molar-refractivity contribution in [3.63, 3.8) is 0 Å². The molecule has 0 bridgehead atoms. The van der Waals surface area contributed by atoms with Crippen LogP contribution in [0.1, 0.15) is 30.9 Å². The number of hydrogen-bond donors (Lipinski definition) is 0. The van der Waals surface area contributed by atoms with Gasteiger partial charge in [0.15, 0.2) is 6.61 Å². The van der Waals surface area contributed by atoms with E-state index in [2.05, 4.69) is 6.92 Å².